The minimum atomic E-state index is -0.619. The van der Waals surface area contributed by atoms with Crippen LogP contribution in [0.25, 0.3) is 0 Å². The second-order valence-electron chi connectivity index (χ2n) is 10.4. The first-order chi connectivity index (χ1) is 17.7. The number of Topliss-reactive ketones (excluding diaryl/α,β-unsaturated/α-hetero) is 1. The molecule has 8 heteroatoms. The van der Waals surface area contributed by atoms with Crippen molar-refractivity contribution in [2.24, 2.45) is 5.41 Å². The molecule has 5 rings (SSSR count). The van der Waals surface area contributed by atoms with Gasteiger partial charge in [-0.15, -0.1) is 0 Å². The molecule has 2 aromatic carbocycles. The van der Waals surface area contributed by atoms with Gasteiger partial charge in [0.1, 0.15) is 5.82 Å². The zero-order valence-electron chi connectivity index (χ0n) is 21.7. The molecule has 0 radical (unpaired) electrons. The molecule has 1 aromatic heterocycles. The van der Waals surface area contributed by atoms with Crippen LogP contribution in [0.15, 0.2) is 63.7 Å². The molecule has 3 aromatic rings. The number of hydrogen-bond donors (Lipinski definition) is 2. The molecule has 1 atom stereocenters. The first-order valence-corrected chi connectivity index (χ1v) is 13.3. The Bertz CT molecular complexity index is 1470. The minimum Gasteiger partial charge on any atom is -0.493 e. The Morgan fingerprint density at radius 1 is 1.08 bits per heavy atom. The normalized spacial score (nSPS) is 18.1. The van der Waals surface area contributed by atoms with Crippen LogP contribution in [0.4, 0.5) is 5.82 Å². The molecule has 0 saturated heterocycles. The van der Waals surface area contributed by atoms with E-state index in [0.29, 0.717) is 57.8 Å². The lowest BCUT2D eigenvalue weighted by Gasteiger charge is -2.38. The fourth-order valence-corrected chi connectivity index (χ4v) is 6.17. The molecular weight excluding hydrogens is 486 g/mol. The summed E-state index contributed by atoms with van der Waals surface area (Å²) < 4.78 is 11.3. The van der Waals surface area contributed by atoms with Crippen molar-refractivity contribution in [2.75, 3.05) is 19.5 Å². The average molecular weight is 518 g/mol. The van der Waals surface area contributed by atoms with Gasteiger partial charge in [-0.3, -0.25) is 9.59 Å². The van der Waals surface area contributed by atoms with Gasteiger partial charge < -0.3 is 19.8 Å². The van der Waals surface area contributed by atoms with E-state index in [1.165, 1.54) is 17.3 Å². The number of aromatic amines is 1. The molecule has 1 aliphatic carbocycles. The summed E-state index contributed by atoms with van der Waals surface area (Å²) in [5.74, 6) is 1.61. The van der Waals surface area contributed by atoms with Crippen LogP contribution >= 0.6 is 11.8 Å². The Morgan fingerprint density at radius 2 is 1.86 bits per heavy atom. The Hall–Kier alpha value is -3.52. The molecule has 7 nitrogen and oxygen atoms in total. The number of methoxy groups -OCH3 is 2. The predicted octanol–water partition coefficient (Wildman–Crippen LogP) is 5.59. The number of ketones is 1. The molecule has 0 amide bonds. The number of carbonyl (C=O) groups excluding carboxylic acids is 1. The van der Waals surface area contributed by atoms with Gasteiger partial charge in [-0.1, -0.05) is 67.6 Å². The topological polar surface area (TPSA) is 93.3 Å². The molecule has 0 unspecified atom stereocenters. The van der Waals surface area contributed by atoms with E-state index < -0.39 is 5.92 Å². The van der Waals surface area contributed by atoms with Crippen LogP contribution in [-0.2, 0) is 10.5 Å². The quantitative estimate of drug-likeness (QED) is 0.325. The van der Waals surface area contributed by atoms with Gasteiger partial charge in [-0.25, -0.2) is 4.98 Å². The molecule has 0 fully saturated rings. The van der Waals surface area contributed by atoms with E-state index in [-0.39, 0.29) is 16.8 Å². The molecule has 0 spiro atoms. The number of benzene rings is 2. The lowest BCUT2D eigenvalue weighted by Crippen LogP contribution is -2.37. The van der Waals surface area contributed by atoms with Gasteiger partial charge in [0.2, 0.25) is 0 Å². The van der Waals surface area contributed by atoms with Crippen molar-refractivity contribution in [3.8, 4) is 11.5 Å². The van der Waals surface area contributed by atoms with Crippen molar-refractivity contribution in [2.45, 2.75) is 50.4 Å². The summed E-state index contributed by atoms with van der Waals surface area (Å²) in [4.78, 5) is 35.0. The lowest BCUT2D eigenvalue weighted by molar-refractivity contribution is -0.118. The Labute approximate surface area is 220 Å². The van der Waals surface area contributed by atoms with E-state index >= 15 is 0 Å². The summed E-state index contributed by atoms with van der Waals surface area (Å²) in [6.07, 6.45) is 1.08. The van der Waals surface area contributed by atoms with E-state index in [4.69, 9.17) is 14.5 Å². The van der Waals surface area contributed by atoms with Crippen molar-refractivity contribution in [1.29, 1.82) is 0 Å². The first-order valence-electron chi connectivity index (χ1n) is 12.3. The standard InChI is InChI=1S/C29H31N3O4S/c1-16-8-6-9-17(12-16)15-37-28-31-26-24(27(34)32-28)22(18-10-7-11-21(35-4)25(18)36-5)23-19(30-26)13-29(2,3)14-20(23)33/h6-12,22H,13-15H2,1-5H3,(H2,30,31,32,34)/t22-/m1/s1. The van der Waals surface area contributed by atoms with Gasteiger partial charge in [-0.05, 0) is 30.4 Å². The van der Waals surface area contributed by atoms with E-state index in [2.05, 4.69) is 49.3 Å². The van der Waals surface area contributed by atoms with Gasteiger partial charge in [0.05, 0.1) is 25.7 Å². The number of rotatable bonds is 6. The van der Waals surface area contributed by atoms with E-state index in [1.807, 2.05) is 18.2 Å². The third-order valence-electron chi connectivity index (χ3n) is 6.90. The molecule has 2 N–H and O–H groups in total. The number of nitrogens with zero attached hydrogens (tertiary/aromatic N) is 1. The molecule has 1 aliphatic heterocycles. The van der Waals surface area contributed by atoms with Crippen LogP contribution < -0.4 is 20.3 Å². The van der Waals surface area contributed by atoms with Crippen molar-refractivity contribution in [3.05, 3.63) is 86.3 Å². The summed E-state index contributed by atoms with van der Waals surface area (Å²) in [5, 5.41) is 3.91. The highest BCUT2D eigenvalue weighted by Gasteiger charge is 2.43. The van der Waals surface area contributed by atoms with Crippen molar-refractivity contribution in [3.63, 3.8) is 0 Å². The van der Waals surface area contributed by atoms with Crippen molar-refractivity contribution < 1.29 is 14.3 Å². The minimum absolute atomic E-state index is 0.0246. The fraction of sp³-hybridized carbons (Fsp3) is 0.345. The zero-order chi connectivity index (χ0) is 26.3. The fourth-order valence-electron chi connectivity index (χ4n) is 5.37. The third-order valence-corrected chi connectivity index (χ3v) is 7.85. The van der Waals surface area contributed by atoms with Crippen LogP contribution in [0, 0.1) is 12.3 Å². The number of anilines is 1. The molecule has 0 saturated carbocycles. The third kappa shape index (κ3) is 4.78. The van der Waals surface area contributed by atoms with Crippen molar-refractivity contribution in [1.82, 2.24) is 9.97 Å². The smallest absolute Gasteiger partial charge is 0.257 e. The van der Waals surface area contributed by atoms with Crippen molar-refractivity contribution >= 4 is 23.4 Å². The highest BCUT2D eigenvalue weighted by molar-refractivity contribution is 7.98. The number of ether oxygens (including phenoxy) is 2. The maximum Gasteiger partial charge on any atom is 0.257 e. The highest BCUT2D eigenvalue weighted by atomic mass is 32.2. The number of allylic oxidation sites excluding steroid dienone is 2. The van der Waals surface area contributed by atoms with Gasteiger partial charge >= 0.3 is 0 Å². The SMILES string of the molecule is COc1cccc([C@@H]2C3=C(CC(C)(C)CC3=O)Nc3nc(SCc4cccc(C)c4)[nH]c(=O)c32)c1OC. The second-order valence-corrected chi connectivity index (χ2v) is 11.3. The molecule has 2 aliphatic rings. The maximum absolute atomic E-state index is 13.6. The molecule has 37 heavy (non-hydrogen) atoms. The van der Waals surface area contributed by atoms with Gasteiger partial charge in [-0.2, -0.15) is 0 Å². The number of H-pyrrole nitrogens is 1. The highest BCUT2D eigenvalue weighted by Crippen LogP contribution is 2.50. The monoisotopic (exact) mass is 517 g/mol. The first kappa shape index (κ1) is 25.1. The molecule has 192 valence electrons. The lowest BCUT2D eigenvalue weighted by atomic mass is 9.69. The number of hydrogen-bond acceptors (Lipinski definition) is 7. The van der Waals surface area contributed by atoms with E-state index in [9.17, 15) is 9.59 Å². The Balaban J connectivity index is 1.64. The van der Waals surface area contributed by atoms with E-state index in [0.717, 1.165) is 11.3 Å². The summed E-state index contributed by atoms with van der Waals surface area (Å²) in [7, 11) is 3.14. The number of para-hydroxylation sites is 1. The zero-order valence-corrected chi connectivity index (χ0v) is 22.5. The predicted molar refractivity (Wildman–Crippen MR) is 146 cm³/mol. The Kier molecular flexibility index (Phi) is 6.62. The largest absolute Gasteiger partial charge is 0.493 e. The van der Waals surface area contributed by atoms with Crippen LogP contribution in [-0.4, -0.2) is 30.0 Å². The van der Waals surface area contributed by atoms with Gasteiger partial charge in [0, 0.05) is 29.0 Å². The second kappa shape index (κ2) is 9.74. The average Bonchev–Trinajstić information content (AvgIpc) is 2.85. The van der Waals surface area contributed by atoms with Crippen LogP contribution in [0.3, 0.4) is 0 Å². The molecule has 0 bridgehead atoms. The van der Waals surface area contributed by atoms with Crippen LogP contribution in [0.1, 0.15) is 54.9 Å². The number of thioether (sulfide) groups is 1. The van der Waals surface area contributed by atoms with Gasteiger partial charge in [0.15, 0.2) is 22.4 Å². The number of fused-ring (bicyclic) bond motifs is 1. The Morgan fingerprint density at radius 3 is 2.59 bits per heavy atom. The molecular formula is C29H31N3O4S. The maximum atomic E-state index is 13.6. The number of aryl methyl sites for hydroxylation is 1. The number of aromatic nitrogens is 2. The van der Waals surface area contributed by atoms with Crippen LogP contribution in [0.2, 0.25) is 0 Å². The van der Waals surface area contributed by atoms with Crippen LogP contribution in [0.5, 0.6) is 11.5 Å². The summed E-state index contributed by atoms with van der Waals surface area (Å²) in [6.45, 7) is 6.23. The molecule has 2 heterocycles. The number of carbonyl (C=O) groups is 1. The van der Waals surface area contributed by atoms with Gasteiger partial charge in [0.25, 0.3) is 5.56 Å². The number of nitrogens with one attached hydrogen (secondary N) is 2. The summed E-state index contributed by atoms with van der Waals surface area (Å²) in [6, 6.07) is 13.8. The summed E-state index contributed by atoms with van der Waals surface area (Å²) >= 11 is 1.48. The van der Waals surface area contributed by atoms with E-state index in [1.54, 1.807) is 20.3 Å². The summed E-state index contributed by atoms with van der Waals surface area (Å²) in [5.41, 5.74) is 4.40.